The fourth-order valence-electron chi connectivity index (χ4n) is 3.36. The van der Waals surface area contributed by atoms with Crippen LogP contribution >= 0.6 is 0 Å². The molecule has 0 unspecified atom stereocenters. The maximum Gasteiger partial charge on any atom is 0.331 e. The number of urea groups is 1. The highest BCUT2D eigenvalue weighted by molar-refractivity contribution is 6.30. The number of carbonyl (C=O) groups is 3. The maximum atomic E-state index is 12.9. The number of nitro groups is 1. The maximum absolute atomic E-state index is 12.9. The van der Waals surface area contributed by atoms with Gasteiger partial charge in [-0.15, -0.1) is 0 Å². The number of furan rings is 1. The van der Waals surface area contributed by atoms with E-state index >= 15 is 0 Å². The molecule has 0 radical (unpaired) electrons. The van der Waals surface area contributed by atoms with Crippen molar-refractivity contribution in [1.82, 2.24) is 10.2 Å². The van der Waals surface area contributed by atoms with E-state index in [9.17, 15) is 24.5 Å². The highest BCUT2D eigenvalue weighted by Gasteiger charge is 2.36. The van der Waals surface area contributed by atoms with Crippen LogP contribution in [0.4, 0.5) is 10.5 Å². The molecule has 0 atom stereocenters. The third-order valence-corrected chi connectivity index (χ3v) is 4.97. The molecule has 2 aromatic carbocycles. The number of amides is 4. The van der Waals surface area contributed by atoms with Gasteiger partial charge in [-0.2, -0.15) is 0 Å². The number of imide groups is 2. The summed E-state index contributed by atoms with van der Waals surface area (Å²) in [6.07, 6.45) is 1.27. The number of nitrogens with zero attached hydrogens (tertiary/aromatic N) is 2. The average Bonchev–Trinajstić information content (AvgIpc) is 3.23. The van der Waals surface area contributed by atoms with Crippen LogP contribution in [-0.2, 0) is 16.1 Å². The van der Waals surface area contributed by atoms with Crippen LogP contribution in [0.5, 0.6) is 0 Å². The third-order valence-electron chi connectivity index (χ3n) is 4.97. The van der Waals surface area contributed by atoms with Gasteiger partial charge in [0.2, 0.25) is 0 Å². The molecule has 4 amide bonds. The molecule has 0 spiro atoms. The Balaban J connectivity index is 1.61. The molecule has 3 aromatic rings. The zero-order valence-corrected chi connectivity index (χ0v) is 16.9. The molecule has 160 valence electrons. The van der Waals surface area contributed by atoms with Crippen molar-refractivity contribution in [1.29, 1.82) is 0 Å². The van der Waals surface area contributed by atoms with Crippen molar-refractivity contribution in [3.63, 3.8) is 0 Å². The summed E-state index contributed by atoms with van der Waals surface area (Å²) in [5.41, 5.74) is 1.74. The predicted octanol–water partition coefficient (Wildman–Crippen LogP) is 3.83. The van der Waals surface area contributed by atoms with Gasteiger partial charge in [-0.05, 0) is 42.3 Å². The van der Waals surface area contributed by atoms with Crippen molar-refractivity contribution in [2.45, 2.75) is 13.5 Å². The number of benzene rings is 2. The minimum absolute atomic E-state index is 0.0154. The third kappa shape index (κ3) is 4.04. The number of nitro benzene ring substituents is 1. The molecule has 4 rings (SSSR count). The van der Waals surface area contributed by atoms with Crippen LogP contribution < -0.4 is 5.32 Å². The quantitative estimate of drug-likeness (QED) is 0.284. The van der Waals surface area contributed by atoms with E-state index in [4.69, 9.17) is 4.42 Å². The molecule has 1 N–H and O–H groups in total. The standard InChI is InChI=1S/C23H17N3O6/c1-14-11-16(26(30)31)7-9-18(14)20-10-8-17(32-20)12-19-21(27)24-23(29)25(22(19)28)13-15-5-3-2-4-6-15/h2-12H,13H2,1H3,(H,24,27,29). The molecule has 32 heavy (non-hydrogen) atoms. The summed E-state index contributed by atoms with van der Waals surface area (Å²) in [7, 11) is 0. The minimum Gasteiger partial charge on any atom is -0.457 e. The summed E-state index contributed by atoms with van der Waals surface area (Å²) >= 11 is 0. The summed E-state index contributed by atoms with van der Waals surface area (Å²) < 4.78 is 5.75. The van der Waals surface area contributed by atoms with E-state index < -0.39 is 22.8 Å². The molecule has 1 saturated heterocycles. The molecule has 0 aliphatic carbocycles. The van der Waals surface area contributed by atoms with Crippen LogP contribution in [0.3, 0.4) is 0 Å². The number of rotatable bonds is 5. The number of nitrogens with one attached hydrogen (secondary N) is 1. The van der Waals surface area contributed by atoms with Crippen molar-refractivity contribution in [2.24, 2.45) is 0 Å². The van der Waals surface area contributed by atoms with Crippen LogP contribution in [-0.4, -0.2) is 27.7 Å². The van der Waals surface area contributed by atoms with Gasteiger partial charge in [-0.3, -0.25) is 29.9 Å². The van der Waals surface area contributed by atoms with Gasteiger partial charge in [0.05, 0.1) is 11.5 Å². The summed E-state index contributed by atoms with van der Waals surface area (Å²) in [6.45, 7) is 1.73. The second kappa shape index (κ2) is 8.31. The first-order valence-corrected chi connectivity index (χ1v) is 9.61. The summed E-state index contributed by atoms with van der Waals surface area (Å²) in [5.74, 6) is -0.892. The van der Waals surface area contributed by atoms with Gasteiger partial charge in [0.1, 0.15) is 17.1 Å². The number of hydrogen-bond acceptors (Lipinski definition) is 6. The molecular weight excluding hydrogens is 414 g/mol. The van der Waals surface area contributed by atoms with Crippen LogP contribution in [0.2, 0.25) is 0 Å². The van der Waals surface area contributed by atoms with Crippen molar-refractivity contribution < 1.29 is 23.7 Å². The van der Waals surface area contributed by atoms with Gasteiger partial charge in [0.25, 0.3) is 17.5 Å². The van der Waals surface area contributed by atoms with E-state index in [0.29, 0.717) is 16.9 Å². The first-order valence-electron chi connectivity index (χ1n) is 9.61. The number of carbonyl (C=O) groups excluding carboxylic acids is 3. The number of hydrogen-bond donors (Lipinski definition) is 1. The molecule has 1 aliphatic heterocycles. The van der Waals surface area contributed by atoms with Crippen LogP contribution in [0, 0.1) is 17.0 Å². The predicted molar refractivity (Wildman–Crippen MR) is 114 cm³/mol. The topological polar surface area (TPSA) is 123 Å². The van der Waals surface area contributed by atoms with Crippen molar-refractivity contribution in [3.8, 4) is 11.3 Å². The zero-order valence-electron chi connectivity index (χ0n) is 16.9. The monoisotopic (exact) mass is 431 g/mol. The second-order valence-corrected chi connectivity index (χ2v) is 7.15. The zero-order chi connectivity index (χ0) is 22.8. The van der Waals surface area contributed by atoms with Crippen molar-refractivity contribution in [3.05, 3.63) is 93.2 Å². The Morgan fingerprint density at radius 2 is 1.81 bits per heavy atom. The van der Waals surface area contributed by atoms with Gasteiger partial charge < -0.3 is 4.42 Å². The largest absolute Gasteiger partial charge is 0.457 e. The highest BCUT2D eigenvalue weighted by atomic mass is 16.6. The Morgan fingerprint density at radius 1 is 1.06 bits per heavy atom. The van der Waals surface area contributed by atoms with Gasteiger partial charge in [0, 0.05) is 17.7 Å². The lowest BCUT2D eigenvalue weighted by Gasteiger charge is -2.26. The lowest BCUT2D eigenvalue weighted by Crippen LogP contribution is -2.53. The lowest BCUT2D eigenvalue weighted by molar-refractivity contribution is -0.384. The first-order chi connectivity index (χ1) is 15.3. The average molecular weight is 431 g/mol. The minimum atomic E-state index is -0.811. The van der Waals surface area contributed by atoms with E-state index in [1.54, 1.807) is 49.4 Å². The van der Waals surface area contributed by atoms with Crippen LogP contribution in [0.1, 0.15) is 16.9 Å². The van der Waals surface area contributed by atoms with E-state index in [-0.39, 0.29) is 23.6 Å². The Kier molecular flexibility index (Phi) is 5.38. The normalized spacial score (nSPS) is 15.2. The molecule has 2 heterocycles. The van der Waals surface area contributed by atoms with Crippen molar-refractivity contribution >= 4 is 29.6 Å². The fourth-order valence-corrected chi connectivity index (χ4v) is 3.36. The van der Waals surface area contributed by atoms with Gasteiger partial charge in [-0.25, -0.2) is 4.79 Å². The number of non-ortho nitro benzene ring substituents is 1. The van der Waals surface area contributed by atoms with Crippen molar-refractivity contribution in [2.75, 3.05) is 0 Å². The van der Waals surface area contributed by atoms with E-state index in [1.807, 2.05) is 6.07 Å². The van der Waals surface area contributed by atoms with Gasteiger partial charge in [-0.1, -0.05) is 30.3 Å². The van der Waals surface area contributed by atoms with Crippen LogP contribution in [0.25, 0.3) is 17.4 Å². The molecule has 1 aliphatic rings. The first kappa shape index (κ1) is 20.7. The van der Waals surface area contributed by atoms with Gasteiger partial charge >= 0.3 is 6.03 Å². The molecule has 9 nitrogen and oxygen atoms in total. The molecule has 1 fully saturated rings. The SMILES string of the molecule is Cc1cc([N+](=O)[O-])ccc1-c1ccc(C=C2C(=O)NC(=O)N(Cc3ccccc3)C2=O)o1. The summed E-state index contributed by atoms with van der Waals surface area (Å²) in [6, 6.07) is 15.7. The Bertz CT molecular complexity index is 1280. The molecule has 0 saturated carbocycles. The fraction of sp³-hybridized carbons (Fsp3) is 0.0870. The van der Waals surface area contributed by atoms with E-state index in [1.165, 1.54) is 18.2 Å². The Morgan fingerprint density at radius 3 is 2.50 bits per heavy atom. The van der Waals surface area contributed by atoms with E-state index in [0.717, 1.165) is 10.5 Å². The smallest absolute Gasteiger partial charge is 0.331 e. The second-order valence-electron chi connectivity index (χ2n) is 7.15. The highest BCUT2D eigenvalue weighted by Crippen LogP contribution is 2.29. The van der Waals surface area contributed by atoms with E-state index in [2.05, 4.69) is 5.32 Å². The summed E-state index contributed by atoms with van der Waals surface area (Å²) in [5, 5.41) is 13.1. The summed E-state index contributed by atoms with van der Waals surface area (Å²) in [4.78, 5) is 48.7. The van der Waals surface area contributed by atoms with Gasteiger partial charge in [0.15, 0.2) is 0 Å². The lowest BCUT2D eigenvalue weighted by atomic mass is 10.1. The number of aryl methyl sites for hydroxylation is 1. The molecule has 0 bridgehead atoms. The molecule has 9 heteroatoms. The Labute approximate surface area is 182 Å². The molecule has 1 aromatic heterocycles. The molecular formula is C23H17N3O6. The number of barbiturate groups is 1. The Hall–Kier alpha value is -4.53. The van der Waals surface area contributed by atoms with Crippen LogP contribution in [0.15, 0.2) is 70.7 Å².